The number of hydrogen-bond acceptors (Lipinski definition) is 6. The molecule has 0 radical (unpaired) electrons. The van der Waals surface area contributed by atoms with E-state index in [1.54, 1.807) is 0 Å². The first-order valence-electron chi connectivity index (χ1n) is 7.44. The van der Waals surface area contributed by atoms with Gasteiger partial charge in [0, 0.05) is 4.11 Å². The average Bonchev–Trinajstić information content (AvgIpc) is 2.81. The molecular formula is C9H14N5O4P. The molecule has 9 nitrogen and oxygen atoms in total. The highest BCUT2D eigenvalue weighted by Gasteiger charge is 2.16. The monoisotopic (exact) mass is 292 g/mol. The molecule has 104 valence electrons. The van der Waals surface area contributed by atoms with E-state index >= 15 is 0 Å². The van der Waals surface area contributed by atoms with Gasteiger partial charge in [-0.2, -0.15) is 0 Å². The van der Waals surface area contributed by atoms with Crippen molar-refractivity contribution in [3.8, 4) is 0 Å². The number of aromatic nitrogens is 4. The van der Waals surface area contributed by atoms with Crippen molar-refractivity contribution in [1.29, 1.82) is 0 Å². The smallest absolute Gasteiger partial charge is 0.350 e. The minimum Gasteiger partial charge on any atom is -0.382 e. The highest BCUT2D eigenvalue weighted by atomic mass is 31.2. The molecule has 2 aromatic heterocycles. The molecule has 1 atom stereocenters. The Balaban J connectivity index is 2.50. The van der Waals surface area contributed by atoms with Gasteiger partial charge in [0.1, 0.15) is 18.2 Å². The molecule has 2 rings (SSSR count). The maximum absolute atomic E-state index is 10.9. The summed E-state index contributed by atoms with van der Waals surface area (Å²) < 4.78 is 54.9. The Morgan fingerprint density at radius 2 is 2.42 bits per heavy atom. The lowest BCUT2D eigenvalue weighted by Crippen LogP contribution is -2.17. The standard InChI is InChI=1S/C9H14N5O4P/c1-6(18-5-19(15,16)17)2-14-4-13-7-8(10)11-3-12-9(7)14/h3-4,6H,2,5H2,1H3,(H2,10,11,12)(H2,15,16,17)/t6-/m1/s1/i1D3,2D2. The molecule has 0 amide bonds. The number of rotatable bonds is 5. The largest absolute Gasteiger partial charge is 0.382 e. The van der Waals surface area contributed by atoms with Crippen molar-refractivity contribution < 1.29 is 25.9 Å². The molecule has 0 bridgehead atoms. The van der Waals surface area contributed by atoms with Gasteiger partial charge in [-0.05, 0) is 6.85 Å². The number of ether oxygens (including phenoxy) is 1. The third-order valence-electron chi connectivity index (χ3n) is 2.03. The summed E-state index contributed by atoms with van der Waals surface area (Å²) in [7, 11) is -4.70. The summed E-state index contributed by atoms with van der Waals surface area (Å²) in [4.78, 5) is 29.1. The fourth-order valence-electron chi connectivity index (χ4n) is 1.28. The van der Waals surface area contributed by atoms with E-state index in [0.29, 0.717) is 0 Å². The van der Waals surface area contributed by atoms with Gasteiger partial charge in [0.15, 0.2) is 11.5 Å². The van der Waals surface area contributed by atoms with Crippen molar-refractivity contribution in [3.05, 3.63) is 12.7 Å². The Morgan fingerprint density at radius 1 is 1.63 bits per heavy atom. The Labute approximate surface area is 115 Å². The molecule has 4 N–H and O–H groups in total. The zero-order valence-electron chi connectivity index (χ0n) is 14.5. The molecule has 0 spiro atoms. The summed E-state index contributed by atoms with van der Waals surface area (Å²) in [5.74, 6) is -0.0314. The summed E-state index contributed by atoms with van der Waals surface area (Å²) in [5.41, 5.74) is 5.57. The molecule has 10 heteroatoms. The second-order valence-corrected chi connectivity index (χ2v) is 5.10. The van der Waals surface area contributed by atoms with Crippen LogP contribution in [0.2, 0.25) is 0 Å². The van der Waals surface area contributed by atoms with Crippen molar-refractivity contribution in [1.82, 2.24) is 19.5 Å². The number of nitrogen functional groups attached to an aromatic ring is 1. The van der Waals surface area contributed by atoms with E-state index in [1.165, 1.54) is 0 Å². The number of nitrogens with two attached hydrogens (primary N) is 1. The molecule has 0 aliphatic carbocycles. The quantitative estimate of drug-likeness (QED) is 0.652. The number of imidazole rings is 1. The Bertz CT molecular complexity index is 790. The van der Waals surface area contributed by atoms with Crippen LogP contribution in [-0.4, -0.2) is 41.8 Å². The second kappa shape index (κ2) is 5.22. The van der Waals surface area contributed by atoms with Gasteiger partial charge in [-0.15, -0.1) is 0 Å². The van der Waals surface area contributed by atoms with Crippen molar-refractivity contribution in [2.24, 2.45) is 0 Å². The van der Waals surface area contributed by atoms with Gasteiger partial charge in [-0.1, -0.05) is 0 Å². The SMILES string of the molecule is [2H]C([2H])([2H])[C@@H](OCP(=O)(O)O)C([2H])([2H])n1cnc2c(N)ncnc21. The second-order valence-electron chi connectivity index (χ2n) is 3.52. The van der Waals surface area contributed by atoms with Gasteiger partial charge in [0.2, 0.25) is 0 Å². The molecule has 2 heterocycles. The van der Waals surface area contributed by atoms with Crippen LogP contribution in [0.4, 0.5) is 5.82 Å². The summed E-state index contributed by atoms with van der Waals surface area (Å²) in [6, 6.07) is 0. The molecule has 0 aliphatic heterocycles. The molecule has 0 saturated heterocycles. The van der Waals surface area contributed by atoms with Crippen LogP contribution >= 0.6 is 7.60 Å². The number of fused-ring (bicyclic) bond motifs is 1. The van der Waals surface area contributed by atoms with Gasteiger partial charge < -0.3 is 24.8 Å². The van der Waals surface area contributed by atoms with E-state index < -0.39 is 33.4 Å². The van der Waals surface area contributed by atoms with Gasteiger partial charge in [-0.3, -0.25) is 4.57 Å². The van der Waals surface area contributed by atoms with Crippen molar-refractivity contribution in [2.45, 2.75) is 19.5 Å². The molecule has 2 aromatic rings. The van der Waals surface area contributed by atoms with Crippen LogP contribution in [0.15, 0.2) is 12.7 Å². The predicted molar refractivity (Wildman–Crippen MR) is 67.2 cm³/mol. The zero-order chi connectivity index (χ0) is 18.3. The Hall–Kier alpha value is -1.54. The van der Waals surface area contributed by atoms with Gasteiger partial charge >= 0.3 is 7.60 Å². The predicted octanol–water partition coefficient (Wildman–Crippen LogP) is -0.0512. The van der Waals surface area contributed by atoms with Crippen LogP contribution in [0.1, 0.15) is 13.7 Å². The van der Waals surface area contributed by atoms with Crippen LogP contribution in [0, 0.1) is 0 Å². The highest BCUT2D eigenvalue weighted by molar-refractivity contribution is 7.51. The van der Waals surface area contributed by atoms with Crippen LogP contribution in [-0.2, 0) is 15.8 Å². The summed E-state index contributed by atoms with van der Waals surface area (Å²) in [5, 5.41) is 0. The lowest BCUT2D eigenvalue weighted by Gasteiger charge is -2.14. The molecule has 0 unspecified atom stereocenters. The summed E-state index contributed by atoms with van der Waals surface area (Å²) in [6.07, 6.45) is -1.42. The Kier molecular flexibility index (Phi) is 2.36. The fourth-order valence-corrected chi connectivity index (χ4v) is 1.63. The van der Waals surface area contributed by atoms with Gasteiger partial charge in [-0.25, -0.2) is 15.0 Å². The highest BCUT2D eigenvalue weighted by Crippen LogP contribution is 2.34. The van der Waals surface area contributed by atoms with Gasteiger partial charge in [0.05, 0.1) is 21.7 Å². The fraction of sp³-hybridized carbons (Fsp3) is 0.444. The van der Waals surface area contributed by atoms with E-state index in [2.05, 4.69) is 15.0 Å². The van der Waals surface area contributed by atoms with Crippen LogP contribution < -0.4 is 5.73 Å². The van der Waals surface area contributed by atoms with E-state index in [4.69, 9.17) is 27.1 Å². The first-order valence-corrected chi connectivity index (χ1v) is 6.74. The van der Waals surface area contributed by atoms with Crippen LogP contribution in [0.25, 0.3) is 11.2 Å². The van der Waals surface area contributed by atoms with E-state index in [-0.39, 0.29) is 17.0 Å². The minimum atomic E-state index is -4.70. The summed E-state index contributed by atoms with van der Waals surface area (Å²) in [6.45, 7) is -5.77. The first-order chi connectivity index (χ1) is 10.8. The van der Waals surface area contributed by atoms with Crippen molar-refractivity contribution >= 4 is 24.6 Å². The zero-order valence-corrected chi connectivity index (χ0v) is 10.4. The average molecular weight is 292 g/mol. The van der Waals surface area contributed by atoms with Crippen molar-refractivity contribution in [2.75, 3.05) is 12.1 Å². The normalized spacial score (nSPS) is 19.2. The molecule has 0 aliphatic rings. The number of nitrogens with zero attached hydrogens (tertiary/aromatic N) is 4. The topological polar surface area (TPSA) is 136 Å². The maximum atomic E-state index is 10.9. The van der Waals surface area contributed by atoms with Crippen LogP contribution in [0.3, 0.4) is 0 Å². The molecule has 0 aromatic carbocycles. The lowest BCUT2D eigenvalue weighted by molar-refractivity contribution is 0.0764. The summed E-state index contributed by atoms with van der Waals surface area (Å²) >= 11 is 0. The molecule has 0 saturated carbocycles. The maximum Gasteiger partial charge on any atom is 0.350 e. The number of hydrogen-bond donors (Lipinski definition) is 3. The van der Waals surface area contributed by atoms with Crippen molar-refractivity contribution in [3.63, 3.8) is 0 Å². The van der Waals surface area contributed by atoms with E-state index in [0.717, 1.165) is 17.2 Å². The molecule has 0 fully saturated rings. The molecular weight excluding hydrogens is 273 g/mol. The van der Waals surface area contributed by atoms with E-state index in [9.17, 15) is 4.57 Å². The lowest BCUT2D eigenvalue weighted by atomic mass is 10.4. The number of anilines is 1. The third kappa shape index (κ3) is 3.48. The molecule has 19 heavy (non-hydrogen) atoms. The minimum absolute atomic E-state index is 0.0314. The van der Waals surface area contributed by atoms with Gasteiger partial charge in [0.25, 0.3) is 0 Å². The Morgan fingerprint density at radius 3 is 3.11 bits per heavy atom. The van der Waals surface area contributed by atoms with Crippen LogP contribution in [0.5, 0.6) is 0 Å². The third-order valence-corrected chi connectivity index (χ3v) is 2.51. The first kappa shape index (κ1) is 8.60. The van der Waals surface area contributed by atoms with E-state index in [1.807, 2.05) is 0 Å².